The molecule has 0 aliphatic rings. The monoisotopic (exact) mass is 348 g/mol. The van der Waals surface area contributed by atoms with Crippen LogP contribution in [0.25, 0.3) is 0 Å². The van der Waals surface area contributed by atoms with Crippen molar-refractivity contribution in [2.24, 2.45) is 0 Å². The molecule has 1 atom stereocenters. The molecule has 2 rings (SSSR count). The van der Waals surface area contributed by atoms with Crippen LogP contribution < -0.4 is 0 Å². The summed E-state index contributed by atoms with van der Waals surface area (Å²) in [6.45, 7) is 16.2. The third-order valence-electron chi connectivity index (χ3n) is 2.61. The molecular formula is C18H16CrO4. The van der Waals surface area contributed by atoms with E-state index < -0.39 is 0 Å². The summed E-state index contributed by atoms with van der Waals surface area (Å²) in [5, 5.41) is 0. The Morgan fingerprint density at radius 1 is 0.783 bits per heavy atom. The Balaban J connectivity index is -0.000000514. The van der Waals surface area contributed by atoms with Crippen molar-refractivity contribution in [3.8, 4) is 0 Å². The fraction of sp³-hybridized carbons (Fsp3) is 0.167. The molecule has 0 fully saturated rings. The molecule has 0 heterocycles. The van der Waals surface area contributed by atoms with Gasteiger partial charge < -0.3 is 4.74 Å². The molecule has 0 aliphatic carbocycles. The van der Waals surface area contributed by atoms with Gasteiger partial charge in [0.05, 0.1) is 12.7 Å². The van der Waals surface area contributed by atoms with E-state index in [-0.39, 0.29) is 23.5 Å². The summed E-state index contributed by atoms with van der Waals surface area (Å²) in [6.07, 6.45) is 0.140. The number of hydrogen-bond donors (Lipinski definition) is 0. The van der Waals surface area contributed by atoms with Gasteiger partial charge in [0, 0.05) is 17.4 Å². The summed E-state index contributed by atoms with van der Waals surface area (Å²) in [5.41, 5.74) is 2.43. The average Bonchev–Trinajstić information content (AvgIpc) is 2.66. The van der Waals surface area contributed by atoms with Crippen LogP contribution in [0.4, 0.5) is 0 Å². The Kier molecular flexibility index (Phi) is 22.8. The first-order valence-electron chi connectivity index (χ1n) is 6.18. The van der Waals surface area contributed by atoms with Crippen LogP contribution in [0.2, 0.25) is 0 Å². The van der Waals surface area contributed by atoms with Crippen LogP contribution in [0.3, 0.4) is 0 Å². The van der Waals surface area contributed by atoms with Crippen LogP contribution in [0.15, 0.2) is 60.7 Å². The van der Waals surface area contributed by atoms with Crippen LogP contribution in [-0.2, 0) is 42.7 Å². The van der Waals surface area contributed by atoms with Crippen molar-refractivity contribution in [2.75, 3.05) is 0 Å². The van der Waals surface area contributed by atoms with Crippen molar-refractivity contribution in [3.63, 3.8) is 0 Å². The third kappa shape index (κ3) is 12.4. The first-order chi connectivity index (χ1) is 10.9. The zero-order valence-corrected chi connectivity index (χ0v) is 13.9. The molecule has 0 saturated heterocycles. The molecule has 0 bridgehead atoms. The minimum absolute atomic E-state index is 0. The topological polar surface area (TPSA) is 68.9 Å². The van der Waals surface area contributed by atoms with E-state index >= 15 is 0 Å². The molecule has 23 heavy (non-hydrogen) atoms. The van der Waals surface area contributed by atoms with Crippen molar-refractivity contribution < 1.29 is 36.1 Å². The van der Waals surface area contributed by atoms with E-state index in [1.54, 1.807) is 0 Å². The van der Waals surface area contributed by atoms with E-state index in [2.05, 4.69) is 51.1 Å². The van der Waals surface area contributed by atoms with Gasteiger partial charge in [-0.05, 0) is 18.1 Å². The predicted molar refractivity (Wildman–Crippen MR) is 77.9 cm³/mol. The molecule has 0 saturated carbocycles. The van der Waals surface area contributed by atoms with Crippen LogP contribution in [0.5, 0.6) is 0 Å². The summed E-state index contributed by atoms with van der Waals surface area (Å²) in [4.78, 5) is 0. The molecular weight excluding hydrogens is 332 g/mol. The number of hydrogen-bond acceptors (Lipinski definition) is 1. The Morgan fingerprint density at radius 2 is 1.17 bits per heavy atom. The molecule has 5 heteroatoms. The summed E-state index contributed by atoms with van der Waals surface area (Å²) in [6, 6.07) is 20.5. The van der Waals surface area contributed by atoms with Gasteiger partial charge in [0.2, 0.25) is 0 Å². The van der Waals surface area contributed by atoms with Gasteiger partial charge in [0.15, 0.2) is 0 Å². The van der Waals surface area contributed by atoms with E-state index in [1.165, 1.54) is 11.1 Å². The minimum atomic E-state index is 0. The maximum atomic E-state index is 7.50. The SMILES string of the molecule is C[C@@H](OCc1ccccc1)c1ccccc1.[C-]#[O+].[C-]#[O+].[C-]#[O+].[Cr]. The zero-order chi connectivity index (χ0) is 17.2. The molecule has 0 radical (unpaired) electrons. The van der Waals surface area contributed by atoms with Gasteiger partial charge in [-0.25, -0.2) is 0 Å². The van der Waals surface area contributed by atoms with Gasteiger partial charge in [0.25, 0.3) is 0 Å². The van der Waals surface area contributed by atoms with Gasteiger partial charge in [-0.3, -0.25) is 0 Å². The summed E-state index contributed by atoms with van der Waals surface area (Å²) in [7, 11) is 0. The van der Waals surface area contributed by atoms with Gasteiger partial charge >= 0.3 is 33.9 Å². The van der Waals surface area contributed by atoms with E-state index in [0.29, 0.717) is 6.61 Å². The second-order valence-electron chi connectivity index (χ2n) is 3.85. The van der Waals surface area contributed by atoms with E-state index in [1.807, 2.05) is 36.4 Å². The fourth-order valence-electron chi connectivity index (χ4n) is 1.62. The van der Waals surface area contributed by atoms with Gasteiger partial charge in [-0.15, -0.1) is 0 Å². The Morgan fingerprint density at radius 3 is 1.61 bits per heavy atom. The third-order valence-corrected chi connectivity index (χ3v) is 2.61. The van der Waals surface area contributed by atoms with Crippen LogP contribution >= 0.6 is 0 Å². The van der Waals surface area contributed by atoms with Crippen LogP contribution in [0.1, 0.15) is 24.2 Å². The van der Waals surface area contributed by atoms with Crippen LogP contribution in [-0.4, -0.2) is 0 Å². The summed E-state index contributed by atoms with van der Waals surface area (Å²) >= 11 is 0. The molecule has 0 N–H and O–H groups in total. The van der Waals surface area contributed by atoms with E-state index in [9.17, 15) is 0 Å². The second kappa shape index (κ2) is 20.2. The van der Waals surface area contributed by atoms with Crippen molar-refractivity contribution >= 4 is 0 Å². The Hall–Kier alpha value is -1.85. The quantitative estimate of drug-likeness (QED) is 0.611. The maximum Gasteiger partial charge on any atom is 0 e. The maximum absolute atomic E-state index is 7.50. The van der Waals surface area contributed by atoms with Gasteiger partial charge in [-0.2, -0.15) is 0 Å². The number of benzene rings is 2. The summed E-state index contributed by atoms with van der Waals surface area (Å²) in [5.74, 6) is 0. The molecule has 0 amide bonds. The first kappa shape index (κ1) is 26.1. The molecule has 0 aliphatic heterocycles. The standard InChI is InChI=1S/C15H16O.3CO.Cr/c1-13(15-10-6-3-7-11-15)16-12-14-8-4-2-5-9-14;3*1-2;/h2-11,13H,12H2,1H3;;;;/t13-;;;;/m1..../s1. The molecule has 4 nitrogen and oxygen atoms in total. The summed E-state index contributed by atoms with van der Waals surface area (Å²) < 4.78 is 28.3. The number of rotatable bonds is 4. The Bertz CT molecular complexity index is 521. The zero-order valence-electron chi connectivity index (χ0n) is 12.6. The van der Waals surface area contributed by atoms with Crippen molar-refractivity contribution in [1.29, 1.82) is 0 Å². The molecule has 0 aromatic heterocycles. The number of ether oxygens (including phenoxy) is 1. The van der Waals surface area contributed by atoms with Gasteiger partial charge in [0.1, 0.15) is 0 Å². The van der Waals surface area contributed by atoms with Crippen LogP contribution in [0, 0.1) is 20.0 Å². The Labute approximate surface area is 147 Å². The van der Waals surface area contributed by atoms with E-state index in [0.717, 1.165) is 0 Å². The van der Waals surface area contributed by atoms with E-state index in [4.69, 9.17) is 18.7 Å². The fourth-order valence-corrected chi connectivity index (χ4v) is 1.62. The van der Waals surface area contributed by atoms with Crippen molar-refractivity contribution in [1.82, 2.24) is 0 Å². The first-order valence-corrected chi connectivity index (χ1v) is 6.18. The second-order valence-corrected chi connectivity index (χ2v) is 3.85. The van der Waals surface area contributed by atoms with Gasteiger partial charge in [-0.1, -0.05) is 60.7 Å². The van der Waals surface area contributed by atoms with Crippen molar-refractivity contribution in [2.45, 2.75) is 19.6 Å². The molecule has 0 unspecified atom stereocenters. The largest absolute Gasteiger partial charge is 0 e. The minimum Gasteiger partial charge on any atom is 0 e. The normalized spacial score (nSPS) is 8.83. The molecule has 2 aromatic rings. The molecule has 118 valence electrons. The smallest absolute Gasteiger partial charge is 0 e. The van der Waals surface area contributed by atoms with Crippen molar-refractivity contribution in [3.05, 3.63) is 91.7 Å². The average molecular weight is 348 g/mol. The molecule has 2 aromatic carbocycles. The molecule has 0 spiro atoms. The predicted octanol–water partition coefficient (Wildman–Crippen LogP) is 3.85.